The molecule has 0 heterocycles. The van der Waals surface area contributed by atoms with Crippen LogP contribution in [0.3, 0.4) is 0 Å². The molecule has 2 aromatic rings. The number of hydrogen-bond acceptors (Lipinski definition) is 0. The van der Waals surface area contributed by atoms with Gasteiger partial charge >= 0.3 is 0 Å². The van der Waals surface area contributed by atoms with Crippen LogP contribution in [0.15, 0.2) is 12.1 Å². The summed E-state index contributed by atoms with van der Waals surface area (Å²) in [7, 11) is 0. The topological polar surface area (TPSA) is 0 Å². The second-order valence-electron chi connectivity index (χ2n) is 3.70. The van der Waals surface area contributed by atoms with Crippen molar-refractivity contribution in [1.29, 1.82) is 0 Å². The van der Waals surface area contributed by atoms with E-state index >= 15 is 0 Å². The highest BCUT2D eigenvalue weighted by Gasteiger charge is 2.21. The van der Waals surface area contributed by atoms with Crippen LogP contribution in [0, 0.1) is 11.6 Å². The molecule has 0 aliphatic rings. The van der Waals surface area contributed by atoms with Crippen molar-refractivity contribution in [2.24, 2.45) is 0 Å². The standard InChI is InChI=1S/C12H2Cl6F2/c13-5-1-3(7(14)11(18)9(5)16)4-2-6(19)10(17)12(20)8(4)15/h1-2H. The molecule has 0 nitrogen and oxygen atoms in total. The van der Waals surface area contributed by atoms with Gasteiger partial charge in [-0.25, -0.2) is 8.78 Å². The molecular weight excluding hydrogens is 395 g/mol. The lowest BCUT2D eigenvalue weighted by atomic mass is 10.0. The monoisotopic (exact) mass is 394 g/mol. The maximum atomic E-state index is 13.7. The van der Waals surface area contributed by atoms with Crippen molar-refractivity contribution in [3.63, 3.8) is 0 Å². The van der Waals surface area contributed by atoms with E-state index in [2.05, 4.69) is 0 Å². The van der Waals surface area contributed by atoms with Gasteiger partial charge in [-0.1, -0.05) is 69.6 Å². The van der Waals surface area contributed by atoms with Gasteiger partial charge in [0.1, 0.15) is 10.8 Å². The smallest absolute Gasteiger partial charge is 0.163 e. The summed E-state index contributed by atoms with van der Waals surface area (Å²) in [5.41, 5.74) is 0.113. The lowest BCUT2D eigenvalue weighted by Crippen LogP contribution is -1.92. The first-order chi connectivity index (χ1) is 9.25. The van der Waals surface area contributed by atoms with Crippen molar-refractivity contribution in [2.75, 3.05) is 0 Å². The van der Waals surface area contributed by atoms with Crippen LogP contribution in [0.5, 0.6) is 0 Å². The van der Waals surface area contributed by atoms with E-state index < -0.39 is 21.7 Å². The maximum absolute atomic E-state index is 13.7. The van der Waals surface area contributed by atoms with Crippen molar-refractivity contribution in [3.8, 4) is 11.1 Å². The van der Waals surface area contributed by atoms with E-state index in [4.69, 9.17) is 69.6 Å². The van der Waals surface area contributed by atoms with Gasteiger partial charge in [0.25, 0.3) is 0 Å². The van der Waals surface area contributed by atoms with E-state index in [0.717, 1.165) is 6.07 Å². The maximum Gasteiger partial charge on any atom is 0.163 e. The van der Waals surface area contributed by atoms with Crippen LogP contribution in [0.2, 0.25) is 30.1 Å². The molecule has 0 N–H and O–H groups in total. The quantitative estimate of drug-likeness (QED) is 0.344. The van der Waals surface area contributed by atoms with Gasteiger partial charge in [0, 0.05) is 11.1 Å². The van der Waals surface area contributed by atoms with Gasteiger partial charge in [-0.3, -0.25) is 0 Å². The second kappa shape index (κ2) is 6.04. The van der Waals surface area contributed by atoms with Crippen molar-refractivity contribution in [2.45, 2.75) is 0 Å². The Morgan fingerprint density at radius 1 is 0.600 bits per heavy atom. The van der Waals surface area contributed by atoms with E-state index in [1.165, 1.54) is 6.07 Å². The van der Waals surface area contributed by atoms with E-state index in [9.17, 15) is 8.78 Å². The molecule has 0 saturated heterocycles. The van der Waals surface area contributed by atoms with Crippen molar-refractivity contribution < 1.29 is 8.78 Å². The van der Waals surface area contributed by atoms with Crippen LogP contribution in [0.25, 0.3) is 11.1 Å². The van der Waals surface area contributed by atoms with Gasteiger partial charge in [-0.15, -0.1) is 0 Å². The summed E-state index contributed by atoms with van der Waals surface area (Å²) in [6, 6.07) is 2.25. The molecule has 0 unspecified atom stereocenters. The van der Waals surface area contributed by atoms with Gasteiger partial charge in [0.2, 0.25) is 0 Å². The zero-order chi connectivity index (χ0) is 15.2. The molecule has 2 aromatic carbocycles. The molecule has 0 spiro atoms. The molecule has 20 heavy (non-hydrogen) atoms. The van der Waals surface area contributed by atoms with Crippen molar-refractivity contribution in [1.82, 2.24) is 0 Å². The molecular formula is C12H2Cl6F2. The van der Waals surface area contributed by atoms with Crippen LogP contribution >= 0.6 is 69.6 Å². The highest BCUT2D eigenvalue weighted by atomic mass is 35.5. The zero-order valence-electron chi connectivity index (χ0n) is 9.18. The summed E-state index contributed by atoms with van der Waals surface area (Å²) in [5.74, 6) is -2.08. The summed E-state index contributed by atoms with van der Waals surface area (Å²) in [5, 5.41) is -1.06. The van der Waals surface area contributed by atoms with Crippen molar-refractivity contribution in [3.05, 3.63) is 53.9 Å². The molecule has 0 aliphatic heterocycles. The van der Waals surface area contributed by atoms with Gasteiger partial charge in [-0.05, 0) is 12.1 Å². The lowest BCUT2D eigenvalue weighted by Gasteiger charge is -2.12. The Kier molecular flexibility index (Phi) is 4.95. The first kappa shape index (κ1) is 16.4. The molecule has 0 atom stereocenters. The summed E-state index contributed by atoms with van der Waals surface area (Å²) in [6.07, 6.45) is 0. The minimum Gasteiger partial charge on any atom is -0.205 e. The Hall–Kier alpha value is 0.0400. The second-order valence-corrected chi connectivity index (χ2v) is 5.99. The SMILES string of the molecule is Fc1cc(-c2cc(Cl)c(Cl)c(Cl)c2Cl)c(Cl)c(F)c1Cl. The van der Waals surface area contributed by atoms with E-state index in [-0.39, 0.29) is 31.2 Å². The van der Waals surface area contributed by atoms with Crippen LogP contribution in [0.4, 0.5) is 8.78 Å². The zero-order valence-corrected chi connectivity index (χ0v) is 13.7. The summed E-state index contributed by atoms with van der Waals surface area (Å²) >= 11 is 34.8. The third-order valence-corrected chi connectivity index (χ3v) is 4.96. The van der Waals surface area contributed by atoms with Gasteiger partial charge in [0.05, 0.1) is 25.1 Å². The van der Waals surface area contributed by atoms with Gasteiger partial charge in [0.15, 0.2) is 5.82 Å². The molecule has 2 rings (SSSR count). The molecule has 0 radical (unpaired) electrons. The average Bonchev–Trinajstić information content (AvgIpc) is 2.42. The number of hydrogen-bond donors (Lipinski definition) is 0. The fraction of sp³-hybridized carbons (Fsp3) is 0. The van der Waals surface area contributed by atoms with E-state index in [1.54, 1.807) is 0 Å². The fourth-order valence-electron chi connectivity index (χ4n) is 1.54. The molecule has 0 aromatic heterocycles. The third kappa shape index (κ3) is 2.70. The molecule has 0 fully saturated rings. The van der Waals surface area contributed by atoms with E-state index in [0.29, 0.717) is 0 Å². The largest absolute Gasteiger partial charge is 0.205 e. The molecule has 0 aliphatic carbocycles. The highest BCUT2D eigenvalue weighted by molar-refractivity contribution is 6.53. The molecule has 0 bridgehead atoms. The normalized spacial score (nSPS) is 11.0. The average molecular weight is 397 g/mol. The Morgan fingerprint density at radius 2 is 1.15 bits per heavy atom. The minimum absolute atomic E-state index is 0.0240. The summed E-state index contributed by atoms with van der Waals surface area (Å²) in [6.45, 7) is 0. The summed E-state index contributed by atoms with van der Waals surface area (Å²) in [4.78, 5) is 0. The number of rotatable bonds is 1. The molecule has 106 valence electrons. The minimum atomic E-state index is -1.10. The van der Waals surface area contributed by atoms with E-state index in [1.807, 2.05) is 0 Å². The first-order valence-corrected chi connectivity index (χ1v) is 7.18. The Bertz CT molecular complexity index is 653. The summed E-state index contributed by atoms with van der Waals surface area (Å²) < 4.78 is 27.3. The molecule has 0 saturated carbocycles. The third-order valence-electron chi connectivity index (χ3n) is 2.50. The van der Waals surface area contributed by atoms with Gasteiger partial charge in [-0.2, -0.15) is 0 Å². The Balaban J connectivity index is 2.83. The van der Waals surface area contributed by atoms with Crippen LogP contribution in [0.1, 0.15) is 0 Å². The number of benzene rings is 2. The van der Waals surface area contributed by atoms with Crippen LogP contribution in [-0.4, -0.2) is 0 Å². The van der Waals surface area contributed by atoms with Crippen LogP contribution < -0.4 is 0 Å². The molecule has 0 amide bonds. The lowest BCUT2D eigenvalue weighted by molar-refractivity contribution is 0.585. The predicted octanol–water partition coefficient (Wildman–Crippen LogP) is 7.55. The molecule has 8 heteroatoms. The predicted molar refractivity (Wildman–Crippen MR) is 81.9 cm³/mol. The highest BCUT2D eigenvalue weighted by Crippen LogP contribution is 2.45. The fourth-order valence-corrected chi connectivity index (χ4v) is 2.89. The number of halogens is 8. The van der Waals surface area contributed by atoms with Gasteiger partial charge < -0.3 is 0 Å². The first-order valence-electron chi connectivity index (χ1n) is 4.92. The Morgan fingerprint density at radius 3 is 1.75 bits per heavy atom. The van der Waals surface area contributed by atoms with Crippen LogP contribution in [-0.2, 0) is 0 Å². The van der Waals surface area contributed by atoms with Crippen molar-refractivity contribution >= 4 is 69.6 Å². The Labute approximate surface area is 143 Å².